The molecule has 0 aromatic heterocycles. The summed E-state index contributed by atoms with van der Waals surface area (Å²) in [5.41, 5.74) is 0. The molecule has 0 saturated carbocycles. The molecule has 3 heteroatoms. The van der Waals surface area contributed by atoms with Crippen molar-refractivity contribution in [3.63, 3.8) is 0 Å². The average molecular weight is 228 g/mol. The number of hydrogen-bond donors (Lipinski definition) is 1. The molecule has 2 nitrogen and oxygen atoms in total. The summed E-state index contributed by atoms with van der Waals surface area (Å²) < 4.78 is 0. The predicted octanol–water partition coefficient (Wildman–Crippen LogP) is 2.16. The van der Waals surface area contributed by atoms with Crippen molar-refractivity contribution < 1.29 is 0 Å². The summed E-state index contributed by atoms with van der Waals surface area (Å²) in [6.07, 6.45) is 4.02. The summed E-state index contributed by atoms with van der Waals surface area (Å²) >= 11 is 2.17. The van der Waals surface area contributed by atoms with Crippen LogP contribution in [0.25, 0.3) is 0 Å². The summed E-state index contributed by atoms with van der Waals surface area (Å²) in [7, 11) is 0. The van der Waals surface area contributed by atoms with Gasteiger partial charge in [-0.3, -0.25) is 0 Å². The topological polar surface area (TPSA) is 15.3 Å². The highest BCUT2D eigenvalue weighted by Gasteiger charge is 2.35. The van der Waals surface area contributed by atoms with Crippen LogP contribution in [0.4, 0.5) is 0 Å². The molecule has 1 spiro atoms. The zero-order chi connectivity index (χ0) is 10.7. The molecule has 0 aromatic rings. The zero-order valence-corrected chi connectivity index (χ0v) is 10.9. The van der Waals surface area contributed by atoms with Crippen molar-refractivity contribution in [2.45, 2.75) is 38.0 Å². The molecular formula is C12H24N2S. The van der Waals surface area contributed by atoms with E-state index in [0.717, 1.165) is 5.92 Å². The molecule has 2 aliphatic rings. The summed E-state index contributed by atoms with van der Waals surface area (Å²) in [6.45, 7) is 9.73. The Morgan fingerprint density at radius 3 is 2.60 bits per heavy atom. The Labute approximate surface area is 98.2 Å². The predicted molar refractivity (Wildman–Crippen MR) is 68.3 cm³/mol. The van der Waals surface area contributed by atoms with Crippen LogP contribution in [0.15, 0.2) is 0 Å². The van der Waals surface area contributed by atoms with Crippen molar-refractivity contribution in [2.24, 2.45) is 5.92 Å². The summed E-state index contributed by atoms with van der Waals surface area (Å²) in [5.74, 6) is 2.17. The highest BCUT2D eigenvalue weighted by atomic mass is 32.2. The van der Waals surface area contributed by atoms with Crippen molar-refractivity contribution >= 4 is 11.8 Å². The standard InChI is InChI=1S/C12H24N2S/c1-11(2)10-14-7-4-12(5-8-14)13-6-3-9-15-12/h11,13H,3-10H2,1-2H3. The molecule has 0 radical (unpaired) electrons. The van der Waals surface area contributed by atoms with Crippen LogP contribution in [0.2, 0.25) is 0 Å². The number of nitrogens with one attached hydrogen (secondary N) is 1. The Kier molecular flexibility index (Phi) is 3.97. The van der Waals surface area contributed by atoms with E-state index in [2.05, 4.69) is 35.8 Å². The van der Waals surface area contributed by atoms with Gasteiger partial charge in [-0.05, 0) is 37.5 Å². The lowest BCUT2D eigenvalue weighted by Crippen LogP contribution is -2.53. The van der Waals surface area contributed by atoms with Gasteiger partial charge in [0, 0.05) is 19.6 Å². The first kappa shape index (κ1) is 11.7. The van der Waals surface area contributed by atoms with Gasteiger partial charge in [0.25, 0.3) is 0 Å². The smallest absolute Gasteiger partial charge is 0.0669 e. The fourth-order valence-electron chi connectivity index (χ4n) is 2.64. The minimum atomic E-state index is 0.450. The first-order valence-electron chi connectivity index (χ1n) is 6.32. The highest BCUT2D eigenvalue weighted by Crippen LogP contribution is 2.36. The van der Waals surface area contributed by atoms with E-state index >= 15 is 0 Å². The lowest BCUT2D eigenvalue weighted by atomic mass is 10.0. The van der Waals surface area contributed by atoms with Crippen LogP contribution in [-0.2, 0) is 0 Å². The van der Waals surface area contributed by atoms with Crippen LogP contribution in [0.5, 0.6) is 0 Å². The Balaban J connectivity index is 1.80. The lowest BCUT2D eigenvalue weighted by Gasteiger charge is -2.44. The monoisotopic (exact) mass is 228 g/mol. The Hall–Kier alpha value is 0.270. The van der Waals surface area contributed by atoms with Gasteiger partial charge in [0.1, 0.15) is 0 Å². The summed E-state index contributed by atoms with van der Waals surface area (Å²) in [4.78, 5) is 3.08. The highest BCUT2D eigenvalue weighted by molar-refractivity contribution is 8.00. The lowest BCUT2D eigenvalue weighted by molar-refractivity contribution is 0.166. The Morgan fingerprint density at radius 1 is 1.33 bits per heavy atom. The second kappa shape index (κ2) is 5.07. The molecule has 0 unspecified atom stereocenters. The fourth-order valence-corrected chi connectivity index (χ4v) is 4.00. The van der Waals surface area contributed by atoms with E-state index in [1.807, 2.05) is 0 Å². The summed E-state index contributed by atoms with van der Waals surface area (Å²) in [5, 5.41) is 3.74. The molecule has 2 rings (SSSR count). The molecule has 2 heterocycles. The first-order valence-corrected chi connectivity index (χ1v) is 7.30. The summed E-state index contributed by atoms with van der Waals surface area (Å²) in [6, 6.07) is 0. The zero-order valence-electron chi connectivity index (χ0n) is 10.1. The van der Waals surface area contributed by atoms with Gasteiger partial charge >= 0.3 is 0 Å². The van der Waals surface area contributed by atoms with Crippen LogP contribution in [0.1, 0.15) is 33.1 Å². The number of thioether (sulfide) groups is 1. The molecular weight excluding hydrogens is 204 g/mol. The van der Waals surface area contributed by atoms with Gasteiger partial charge in [-0.2, -0.15) is 0 Å². The maximum Gasteiger partial charge on any atom is 0.0669 e. The minimum Gasteiger partial charge on any atom is -0.303 e. The van der Waals surface area contributed by atoms with Crippen LogP contribution in [0, 0.1) is 5.92 Å². The van der Waals surface area contributed by atoms with Gasteiger partial charge in [0.05, 0.1) is 4.87 Å². The van der Waals surface area contributed by atoms with Crippen LogP contribution in [0.3, 0.4) is 0 Å². The van der Waals surface area contributed by atoms with E-state index in [-0.39, 0.29) is 0 Å². The van der Waals surface area contributed by atoms with Gasteiger partial charge < -0.3 is 10.2 Å². The fraction of sp³-hybridized carbons (Fsp3) is 1.00. The van der Waals surface area contributed by atoms with E-state index in [1.165, 1.54) is 51.2 Å². The molecule has 0 aliphatic carbocycles. The van der Waals surface area contributed by atoms with Crippen molar-refractivity contribution in [1.82, 2.24) is 10.2 Å². The minimum absolute atomic E-state index is 0.450. The van der Waals surface area contributed by atoms with Gasteiger partial charge in [-0.25, -0.2) is 0 Å². The van der Waals surface area contributed by atoms with E-state index in [0.29, 0.717) is 4.87 Å². The van der Waals surface area contributed by atoms with Crippen molar-refractivity contribution in [3.8, 4) is 0 Å². The van der Waals surface area contributed by atoms with Crippen LogP contribution in [-0.4, -0.2) is 41.7 Å². The SMILES string of the molecule is CC(C)CN1CCC2(CC1)NCCCS2. The Bertz CT molecular complexity index is 190. The number of likely N-dealkylation sites (tertiary alicyclic amines) is 1. The second-order valence-electron chi connectivity index (χ2n) is 5.32. The van der Waals surface area contributed by atoms with Crippen LogP contribution < -0.4 is 5.32 Å². The molecule has 0 amide bonds. The molecule has 2 saturated heterocycles. The molecule has 2 aliphatic heterocycles. The van der Waals surface area contributed by atoms with Crippen molar-refractivity contribution in [1.29, 1.82) is 0 Å². The molecule has 15 heavy (non-hydrogen) atoms. The second-order valence-corrected chi connectivity index (χ2v) is 6.80. The number of hydrogen-bond acceptors (Lipinski definition) is 3. The normalized spacial score (nSPS) is 27.4. The van der Waals surface area contributed by atoms with Crippen molar-refractivity contribution in [3.05, 3.63) is 0 Å². The van der Waals surface area contributed by atoms with Gasteiger partial charge in [-0.1, -0.05) is 13.8 Å². The molecule has 0 atom stereocenters. The molecule has 0 bridgehead atoms. The van der Waals surface area contributed by atoms with Crippen molar-refractivity contribution in [2.75, 3.05) is 31.9 Å². The maximum atomic E-state index is 3.74. The third kappa shape index (κ3) is 3.11. The van der Waals surface area contributed by atoms with Gasteiger partial charge in [-0.15, -0.1) is 11.8 Å². The quantitative estimate of drug-likeness (QED) is 0.780. The van der Waals surface area contributed by atoms with E-state index in [9.17, 15) is 0 Å². The number of rotatable bonds is 2. The first-order chi connectivity index (χ1) is 7.20. The number of nitrogens with zero attached hydrogens (tertiary/aromatic N) is 1. The third-order valence-electron chi connectivity index (χ3n) is 3.43. The van der Waals surface area contributed by atoms with E-state index in [4.69, 9.17) is 0 Å². The third-order valence-corrected chi connectivity index (χ3v) is 5.03. The largest absolute Gasteiger partial charge is 0.303 e. The van der Waals surface area contributed by atoms with E-state index in [1.54, 1.807) is 0 Å². The molecule has 1 N–H and O–H groups in total. The molecule has 2 fully saturated rings. The molecule has 88 valence electrons. The maximum absolute atomic E-state index is 3.74. The number of piperidine rings is 1. The average Bonchev–Trinajstić information content (AvgIpc) is 2.23. The van der Waals surface area contributed by atoms with E-state index < -0.39 is 0 Å². The molecule has 0 aromatic carbocycles. The van der Waals surface area contributed by atoms with Gasteiger partial charge in [0.2, 0.25) is 0 Å². The van der Waals surface area contributed by atoms with Gasteiger partial charge in [0.15, 0.2) is 0 Å². The van der Waals surface area contributed by atoms with Crippen LogP contribution >= 0.6 is 11.8 Å². The Morgan fingerprint density at radius 2 is 2.07 bits per heavy atom.